The zero-order chi connectivity index (χ0) is 31.9. The number of phenols is 1. The van der Waals surface area contributed by atoms with E-state index in [1.54, 1.807) is 6.92 Å². The molecule has 8 rings (SSSR count). The highest BCUT2D eigenvalue weighted by Crippen LogP contribution is 2.43. The lowest BCUT2D eigenvalue weighted by atomic mass is 9.94. The summed E-state index contributed by atoms with van der Waals surface area (Å²) in [5, 5.41) is 22.3. The van der Waals surface area contributed by atoms with Gasteiger partial charge in [-0.15, -0.1) is 6.42 Å². The first kappa shape index (κ1) is 29.2. The highest BCUT2D eigenvalue weighted by molar-refractivity contribution is 6.03. The molecule has 2 bridgehead atoms. The summed E-state index contributed by atoms with van der Waals surface area (Å²) in [4.78, 5) is 27.6. The minimum atomic E-state index is -0.920. The molecular formula is C35H34F2N4O5. The molecule has 5 heterocycles. The second kappa shape index (κ2) is 10.6. The van der Waals surface area contributed by atoms with Crippen molar-refractivity contribution in [3.8, 4) is 35.4 Å². The Labute approximate surface area is 263 Å². The standard InChI is InChI=1S/C35H34F2N4O5/c1-3-24-26(37)8-7-19-11-23(42)12-25(27(19)24)31-18(2)29-28(33(44)46-31)32(40-14-20-5-6-21(15-40)30(20)43)39-34(38-29)45-17-35-9-4-10-41(35)16-22(36)13-35/h1,7-8,11-12,20-22,30,42-43H,4-6,9-10,13-17H2,2H3/t20?,21?,22-,30?,35+/m1/s1. The Balaban J connectivity index is 1.31. The molecule has 3 saturated heterocycles. The summed E-state index contributed by atoms with van der Waals surface area (Å²) in [5.41, 5.74) is -0.169. The normalized spacial score (nSPS) is 27.4. The van der Waals surface area contributed by atoms with Crippen LogP contribution in [0.2, 0.25) is 0 Å². The molecule has 9 nitrogen and oxygen atoms in total. The zero-order valence-electron chi connectivity index (χ0n) is 25.4. The number of terminal acetylenes is 1. The molecular weight excluding hydrogens is 594 g/mol. The number of aromatic nitrogens is 2. The number of anilines is 1. The van der Waals surface area contributed by atoms with Crippen LogP contribution in [0.4, 0.5) is 14.6 Å². The molecule has 238 valence electrons. The molecule has 2 N–H and O–H groups in total. The molecule has 2 unspecified atom stereocenters. The van der Waals surface area contributed by atoms with Gasteiger partial charge in [0.15, 0.2) is 5.82 Å². The smallest absolute Gasteiger partial charge is 0.349 e. The molecule has 46 heavy (non-hydrogen) atoms. The zero-order valence-corrected chi connectivity index (χ0v) is 25.4. The van der Waals surface area contributed by atoms with Gasteiger partial charge in [-0.05, 0) is 62.7 Å². The highest BCUT2D eigenvalue weighted by atomic mass is 19.1. The van der Waals surface area contributed by atoms with Crippen LogP contribution in [0.5, 0.6) is 11.8 Å². The monoisotopic (exact) mass is 628 g/mol. The third kappa shape index (κ3) is 4.45. The number of aliphatic hydroxyl groups is 1. The molecule has 2 aromatic carbocycles. The Kier molecular flexibility index (Phi) is 6.74. The number of halogens is 2. The summed E-state index contributed by atoms with van der Waals surface area (Å²) in [6.07, 6.45) is 8.31. The van der Waals surface area contributed by atoms with Crippen LogP contribution in [0.3, 0.4) is 0 Å². The molecule has 3 aliphatic heterocycles. The number of phenolic OH excluding ortho intramolecular Hbond substituents is 1. The molecule has 1 saturated carbocycles. The topological polar surface area (TPSA) is 112 Å². The van der Waals surface area contributed by atoms with Gasteiger partial charge in [-0.1, -0.05) is 12.0 Å². The van der Waals surface area contributed by atoms with Gasteiger partial charge in [0.2, 0.25) is 0 Å². The van der Waals surface area contributed by atoms with Crippen molar-refractivity contribution in [1.29, 1.82) is 0 Å². The third-order valence-corrected chi connectivity index (χ3v) is 10.7. The highest BCUT2D eigenvalue weighted by Gasteiger charge is 2.49. The van der Waals surface area contributed by atoms with Crippen LogP contribution < -0.4 is 15.3 Å². The minimum Gasteiger partial charge on any atom is -0.508 e. The minimum absolute atomic E-state index is 0.0208. The van der Waals surface area contributed by atoms with Crippen molar-refractivity contribution in [2.75, 3.05) is 37.7 Å². The van der Waals surface area contributed by atoms with Crippen molar-refractivity contribution in [1.82, 2.24) is 14.9 Å². The SMILES string of the molecule is C#Cc1c(F)ccc2cc(O)cc(-c3oc(=O)c4c(N5CC6CCC(C5)C6O)nc(OC[C@@]56CCCN5C[C@H](F)C6)nc4c3C)c12. The van der Waals surface area contributed by atoms with Crippen LogP contribution in [-0.2, 0) is 0 Å². The van der Waals surface area contributed by atoms with E-state index in [-0.39, 0.29) is 58.0 Å². The van der Waals surface area contributed by atoms with E-state index in [4.69, 9.17) is 25.5 Å². The van der Waals surface area contributed by atoms with Gasteiger partial charge in [0.1, 0.15) is 35.5 Å². The molecule has 0 spiro atoms. The number of alkyl halides is 1. The van der Waals surface area contributed by atoms with E-state index in [1.807, 2.05) is 4.90 Å². The third-order valence-electron chi connectivity index (χ3n) is 10.7. The van der Waals surface area contributed by atoms with Gasteiger partial charge in [0.25, 0.3) is 0 Å². The van der Waals surface area contributed by atoms with E-state index in [2.05, 4.69) is 10.8 Å². The predicted molar refractivity (Wildman–Crippen MR) is 168 cm³/mol. The van der Waals surface area contributed by atoms with E-state index < -0.39 is 29.3 Å². The van der Waals surface area contributed by atoms with Gasteiger partial charge >= 0.3 is 11.6 Å². The lowest BCUT2D eigenvalue weighted by molar-refractivity contribution is 0.0790. The van der Waals surface area contributed by atoms with Crippen molar-refractivity contribution in [2.45, 2.75) is 56.8 Å². The van der Waals surface area contributed by atoms with Crippen molar-refractivity contribution in [3.63, 3.8) is 0 Å². The molecule has 4 aliphatic rings. The van der Waals surface area contributed by atoms with Crippen molar-refractivity contribution in [3.05, 3.63) is 51.6 Å². The number of benzene rings is 2. The molecule has 4 fully saturated rings. The summed E-state index contributed by atoms with van der Waals surface area (Å²) < 4.78 is 41.7. The van der Waals surface area contributed by atoms with Gasteiger partial charge < -0.3 is 24.3 Å². The summed E-state index contributed by atoms with van der Waals surface area (Å²) in [5.74, 6) is 2.20. The Bertz CT molecular complexity index is 2000. The van der Waals surface area contributed by atoms with Gasteiger partial charge in [0, 0.05) is 54.4 Å². The summed E-state index contributed by atoms with van der Waals surface area (Å²) in [6, 6.07) is 5.65. The van der Waals surface area contributed by atoms with Crippen LogP contribution in [0.15, 0.2) is 33.5 Å². The van der Waals surface area contributed by atoms with Crippen molar-refractivity contribution >= 4 is 27.5 Å². The fourth-order valence-electron chi connectivity index (χ4n) is 8.53. The number of aryl methyl sites for hydroxylation is 1. The van der Waals surface area contributed by atoms with Crippen LogP contribution in [0.1, 0.15) is 43.2 Å². The lowest BCUT2D eigenvalue weighted by Gasteiger charge is -2.36. The molecule has 4 atom stereocenters. The fourth-order valence-corrected chi connectivity index (χ4v) is 8.53. The molecule has 2 aromatic heterocycles. The van der Waals surface area contributed by atoms with Crippen LogP contribution >= 0.6 is 0 Å². The summed E-state index contributed by atoms with van der Waals surface area (Å²) in [6.45, 7) is 4.15. The van der Waals surface area contributed by atoms with E-state index in [9.17, 15) is 23.8 Å². The maximum atomic E-state index is 14.9. The molecule has 0 radical (unpaired) electrons. The average Bonchev–Trinajstić information content (AvgIpc) is 3.61. The number of rotatable bonds is 5. The Morgan fingerprint density at radius 3 is 2.72 bits per heavy atom. The van der Waals surface area contributed by atoms with E-state index in [1.165, 1.54) is 24.3 Å². The van der Waals surface area contributed by atoms with Crippen LogP contribution in [0, 0.1) is 36.9 Å². The molecule has 0 amide bonds. The maximum Gasteiger partial charge on any atom is 0.349 e. The number of aromatic hydroxyl groups is 1. The molecule has 1 aliphatic carbocycles. The van der Waals surface area contributed by atoms with Gasteiger partial charge in [-0.2, -0.15) is 9.97 Å². The van der Waals surface area contributed by atoms with Crippen LogP contribution in [0.25, 0.3) is 33.0 Å². The van der Waals surface area contributed by atoms with Gasteiger partial charge in [0.05, 0.1) is 22.7 Å². The predicted octanol–water partition coefficient (Wildman–Crippen LogP) is 4.70. The molecule has 4 aromatic rings. The summed E-state index contributed by atoms with van der Waals surface area (Å²) in [7, 11) is 0. The number of piperidine rings is 1. The number of aliphatic hydroxyl groups excluding tert-OH is 1. The second-order valence-electron chi connectivity index (χ2n) is 13.4. The van der Waals surface area contributed by atoms with Gasteiger partial charge in [-0.25, -0.2) is 13.6 Å². The van der Waals surface area contributed by atoms with E-state index in [0.29, 0.717) is 48.2 Å². The van der Waals surface area contributed by atoms with Crippen LogP contribution in [-0.4, -0.2) is 75.7 Å². The van der Waals surface area contributed by atoms with Crippen molar-refractivity contribution in [2.24, 2.45) is 11.8 Å². The lowest BCUT2D eigenvalue weighted by Crippen LogP contribution is -2.45. The molecule has 11 heteroatoms. The largest absolute Gasteiger partial charge is 0.508 e. The Hall–Kier alpha value is -4.27. The van der Waals surface area contributed by atoms with E-state index >= 15 is 0 Å². The second-order valence-corrected chi connectivity index (χ2v) is 13.4. The number of nitrogens with zero attached hydrogens (tertiary/aromatic N) is 4. The summed E-state index contributed by atoms with van der Waals surface area (Å²) >= 11 is 0. The maximum absolute atomic E-state index is 14.9. The Morgan fingerprint density at radius 2 is 1.96 bits per heavy atom. The first-order valence-electron chi connectivity index (χ1n) is 15.9. The number of ether oxygens (including phenoxy) is 1. The van der Waals surface area contributed by atoms with Gasteiger partial charge in [-0.3, -0.25) is 4.90 Å². The van der Waals surface area contributed by atoms with Crippen molar-refractivity contribution < 1.29 is 28.1 Å². The van der Waals surface area contributed by atoms with E-state index in [0.717, 1.165) is 32.2 Å². The fraction of sp³-hybridized carbons (Fsp3) is 0.457. The average molecular weight is 629 g/mol. The quantitative estimate of drug-likeness (QED) is 0.304. The Morgan fingerprint density at radius 1 is 1.17 bits per heavy atom. The number of hydrogen-bond donors (Lipinski definition) is 2. The first-order chi connectivity index (χ1) is 22.2. The first-order valence-corrected chi connectivity index (χ1v) is 15.9. The number of fused-ring (bicyclic) bond motifs is 5. The number of hydrogen-bond acceptors (Lipinski definition) is 9.